The predicted molar refractivity (Wildman–Crippen MR) is 62.7 cm³/mol. The fraction of sp³-hybridized carbons (Fsp3) is 0.583. The molecule has 2 unspecified atom stereocenters. The molecule has 0 saturated carbocycles. The zero-order valence-corrected chi connectivity index (χ0v) is 10.00. The molecule has 0 spiro atoms. The summed E-state index contributed by atoms with van der Waals surface area (Å²) < 4.78 is 0. The zero-order chi connectivity index (χ0) is 10.9. The summed E-state index contributed by atoms with van der Waals surface area (Å²) in [7, 11) is 0. The van der Waals surface area contributed by atoms with Crippen LogP contribution in [-0.4, -0.2) is 10.1 Å². The highest BCUT2D eigenvalue weighted by atomic mass is 32.1. The van der Waals surface area contributed by atoms with E-state index in [1.165, 1.54) is 11.3 Å². The Hall–Kier alpha value is -0.670. The lowest BCUT2D eigenvalue weighted by atomic mass is 9.79. The third kappa shape index (κ3) is 2.13. The van der Waals surface area contributed by atoms with Crippen molar-refractivity contribution in [2.75, 3.05) is 0 Å². The van der Waals surface area contributed by atoms with E-state index in [1.54, 1.807) is 5.51 Å². The Morgan fingerprint density at radius 3 is 2.87 bits per heavy atom. The van der Waals surface area contributed by atoms with E-state index in [4.69, 9.17) is 0 Å². The molecule has 1 heterocycles. The minimum atomic E-state index is -0.814. The van der Waals surface area contributed by atoms with Crippen LogP contribution in [0.2, 0.25) is 0 Å². The monoisotopic (exact) mass is 223 g/mol. The van der Waals surface area contributed by atoms with E-state index in [0.717, 1.165) is 18.5 Å². The molecule has 2 atom stereocenters. The highest BCUT2D eigenvalue weighted by Gasteiger charge is 2.32. The maximum absolute atomic E-state index is 10.4. The topological polar surface area (TPSA) is 33.1 Å². The maximum Gasteiger partial charge on any atom is 0.125 e. The Balaban J connectivity index is 2.17. The number of thiazole rings is 1. The number of hydrogen-bond donors (Lipinski definition) is 1. The lowest BCUT2D eigenvalue weighted by Gasteiger charge is -2.31. The molecule has 1 aromatic rings. The van der Waals surface area contributed by atoms with Gasteiger partial charge in [-0.15, -0.1) is 11.3 Å². The molecule has 0 fully saturated rings. The average molecular weight is 223 g/mol. The lowest BCUT2D eigenvalue weighted by molar-refractivity contribution is 0.0594. The normalized spacial score (nSPS) is 31.1. The van der Waals surface area contributed by atoms with Gasteiger partial charge in [0.15, 0.2) is 0 Å². The van der Waals surface area contributed by atoms with E-state index in [1.807, 2.05) is 11.5 Å². The van der Waals surface area contributed by atoms with Gasteiger partial charge in [-0.25, -0.2) is 4.98 Å². The molecule has 0 saturated heterocycles. The summed E-state index contributed by atoms with van der Waals surface area (Å²) in [5.41, 5.74) is 1.76. The fourth-order valence-corrected chi connectivity index (χ4v) is 2.67. The molecule has 1 aliphatic carbocycles. The SMILES string of the molecule is CC(C)C1C=CC(O)(c2cscn2)CC1. The summed E-state index contributed by atoms with van der Waals surface area (Å²) in [6.45, 7) is 4.45. The van der Waals surface area contributed by atoms with Crippen molar-refractivity contribution in [3.8, 4) is 0 Å². The van der Waals surface area contributed by atoms with Gasteiger partial charge in [0.25, 0.3) is 0 Å². The summed E-state index contributed by atoms with van der Waals surface area (Å²) in [5.74, 6) is 1.25. The van der Waals surface area contributed by atoms with Crippen molar-refractivity contribution in [2.24, 2.45) is 11.8 Å². The van der Waals surface area contributed by atoms with Crippen molar-refractivity contribution >= 4 is 11.3 Å². The van der Waals surface area contributed by atoms with Gasteiger partial charge >= 0.3 is 0 Å². The van der Waals surface area contributed by atoms with Crippen LogP contribution < -0.4 is 0 Å². The van der Waals surface area contributed by atoms with Gasteiger partial charge in [-0.05, 0) is 24.7 Å². The predicted octanol–water partition coefficient (Wildman–Crippen LogP) is 2.95. The van der Waals surface area contributed by atoms with E-state index in [2.05, 4.69) is 24.9 Å². The number of allylic oxidation sites excluding steroid dienone is 1. The molecular formula is C12H17NOS. The minimum Gasteiger partial charge on any atom is -0.379 e. The molecule has 0 aromatic carbocycles. The molecule has 82 valence electrons. The van der Waals surface area contributed by atoms with Crippen molar-refractivity contribution < 1.29 is 5.11 Å². The second-order valence-electron chi connectivity index (χ2n) is 4.60. The minimum absolute atomic E-state index is 0.601. The smallest absolute Gasteiger partial charge is 0.125 e. The van der Waals surface area contributed by atoms with E-state index < -0.39 is 5.60 Å². The Kier molecular flexibility index (Phi) is 2.94. The van der Waals surface area contributed by atoms with Gasteiger partial charge < -0.3 is 5.11 Å². The number of hydrogen-bond acceptors (Lipinski definition) is 3. The first-order chi connectivity index (χ1) is 7.12. The maximum atomic E-state index is 10.4. The highest BCUT2D eigenvalue weighted by molar-refractivity contribution is 7.07. The third-order valence-corrected chi connectivity index (χ3v) is 3.80. The summed E-state index contributed by atoms with van der Waals surface area (Å²) in [6, 6.07) is 0. The molecule has 1 aromatic heterocycles. The first kappa shape index (κ1) is 10.8. The first-order valence-electron chi connectivity index (χ1n) is 5.42. The van der Waals surface area contributed by atoms with E-state index in [-0.39, 0.29) is 0 Å². The van der Waals surface area contributed by atoms with Crippen LogP contribution in [-0.2, 0) is 5.60 Å². The molecule has 2 rings (SSSR count). The lowest BCUT2D eigenvalue weighted by Crippen LogP contribution is -2.28. The van der Waals surface area contributed by atoms with Crippen LogP contribution in [0, 0.1) is 11.8 Å². The van der Waals surface area contributed by atoms with Crippen LogP contribution in [0.1, 0.15) is 32.4 Å². The van der Waals surface area contributed by atoms with Crippen LogP contribution in [0.4, 0.5) is 0 Å². The quantitative estimate of drug-likeness (QED) is 0.782. The van der Waals surface area contributed by atoms with Gasteiger partial charge in [0.2, 0.25) is 0 Å². The molecule has 0 radical (unpaired) electrons. The van der Waals surface area contributed by atoms with Crippen LogP contribution in [0.15, 0.2) is 23.0 Å². The second-order valence-corrected chi connectivity index (χ2v) is 5.32. The van der Waals surface area contributed by atoms with Crippen LogP contribution in [0.5, 0.6) is 0 Å². The number of rotatable bonds is 2. The molecule has 1 N–H and O–H groups in total. The van der Waals surface area contributed by atoms with Gasteiger partial charge in [0.05, 0.1) is 11.2 Å². The van der Waals surface area contributed by atoms with Crippen molar-refractivity contribution in [3.63, 3.8) is 0 Å². The van der Waals surface area contributed by atoms with Crippen molar-refractivity contribution in [1.82, 2.24) is 4.98 Å². The molecule has 15 heavy (non-hydrogen) atoms. The first-order valence-corrected chi connectivity index (χ1v) is 6.36. The molecule has 0 aliphatic heterocycles. The largest absolute Gasteiger partial charge is 0.379 e. The summed E-state index contributed by atoms with van der Waals surface area (Å²) in [6.07, 6.45) is 5.90. The molecule has 0 bridgehead atoms. The average Bonchev–Trinajstić information content (AvgIpc) is 2.71. The molecule has 3 heteroatoms. The second kappa shape index (κ2) is 4.06. The Bertz CT molecular complexity index is 345. The van der Waals surface area contributed by atoms with Crippen LogP contribution >= 0.6 is 11.3 Å². The van der Waals surface area contributed by atoms with Crippen molar-refractivity contribution in [3.05, 3.63) is 28.7 Å². The molecule has 2 nitrogen and oxygen atoms in total. The Morgan fingerprint density at radius 1 is 1.60 bits per heavy atom. The van der Waals surface area contributed by atoms with Gasteiger partial charge in [-0.2, -0.15) is 0 Å². The molecule has 0 amide bonds. The Morgan fingerprint density at radius 2 is 2.40 bits per heavy atom. The van der Waals surface area contributed by atoms with Crippen molar-refractivity contribution in [2.45, 2.75) is 32.3 Å². The fourth-order valence-electron chi connectivity index (χ4n) is 2.04. The van der Waals surface area contributed by atoms with Gasteiger partial charge in [0.1, 0.15) is 5.60 Å². The summed E-state index contributed by atoms with van der Waals surface area (Å²) in [5, 5.41) is 12.3. The van der Waals surface area contributed by atoms with Crippen molar-refractivity contribution in [1.29, 1.82) is 0 Å². The van der Waals surface area contributed by atoms with E-state index in [0.29, 0.717) is 11.8 Å². The number of aliphatic hydroxyl groups is 1. The van der Waals surface area contributed by atoms with E-state index >= 15 is 0 Å². The number of nitrogens with zero attached hydrogens (tertiary/aromatic N) is 1. The van der Waals surface area contributed by atoms with Gasteiger partial charge in [-0.1, -0.05) is 26.0 Å². The van der Waals surface area contributed by atoms with E-state index in [9.17, 15) is 5.11 Å². The highest BCUT2D eigenvalue weighted by Crippen LogP contribution is 2.36. The van der Waals surface area contributed by atoms with Gasteiger partial charge in [0, 0.05) is 5.38 Å². The number of aromatic nitrogens is 1. The molecule has 1 aliphatic rings. The Labute approximate surface area is 94.7 Å². The summed E-state index contributed by atoms with van der Waals surface area (Å²) >= 11 is 1.53. The van der Waals surface area contributed by atoms with Crippen LogP contribution in [0.25, 0.3) is 0 Å². The van der Waals surface area contributed by atoms with Gasteiger partial charge in [-0.3, -0.25) is 0 Å². The van der Waals surface area contributed by atoms with Crippen LogP contribution in [0.3, 0.4) is 0 Å². The summed E-state index contributed by atoms with van der Waals surface area (Å²) in [4.78, 5) is 4.20. The zero-order valence-electron chi connectivity index (χ0n) is 9.18. The third-order valence-electron chi connectivity index (χ3n) is 3.21. The molecular weight excluding hydrogens is 206 g/mol. The standard InChI is InChI=1S/C12H17NOS/c1-9(2)10-3-5-12(14,6-4-10)11-7-15-8-13-11/h3,5,7-10,14H,4,6H2,1-2H3.